The quantitative estimate of drug-likeness (QED) is 0.146. The van der Waals surface area contributed by atoms with Gasteiger partial charge in [-0.15, -0.1) is 0 Å². The Morgan fingerprint density at radius 1 is 0.844 bits per heavy atom. The van der Waals surface area contributed by atoms with Crippen LogP contribution in [0.4, 0.5) is 5.69 Å². The van der Waals surface area contributed by atoms with Crippen molar-refractivity contribution in [1.82, 2.24) is 10.2 Å². The third-order valence-corrected chi connectivity index (χ3v) is 9.93. The van der Waals surface area contributed by atoms with Gasteiger partial charge in [0.25, 0.3) is 10.0 Å². The van der Waals surface area contributed by atoms with Gasteiger partial charge in [-0.3, -0.25) is 13.9 Å². The fourth-order valence-corrected chi connectivity index (χ4v) is 6.88. The molecule has 10 heteroatoms. The van der Waals surface area contributed by atoms with Gasteiger partial charge in [0.2, 0.25) is 11.8 Å². The van der Waals surface area contributed by atoms with Crippen LogP contribution in [0.25, 0.3) is 0 Å². The second-order valence-corrected chi connectivity index (χ2v) is 13.4. The molecule has 4 aromatic carbocycles. The summed E-state index contributed by atoms with van der Waals surface area (Å²) >= 11 is 12.9. The number of halogens is 2. The Bertz CT molecular complexity index is 1700. The number of sulfonamides is 1. The molecule has 0 aliphatic rings. The van der Waals surface area contributed by atoms with Crippen molar-refractivity contribution in [3.8, 4) is 0 Å². The van der Waals surface area contributed by atoms with Gasteiger partial charge in [-0.1, -0.05) is 121 Å². The first-order valence-electron chi connectivity index (χ1n) is 14.8. The molecule has 7 nitrogen and oxygen atoms in total. The van der Waals surface area contributed by atoms with Gasteiger partial charge < -0.3 is 10.2 Å². The monoisotopic (exact) mass is 665 g/mol. The number of unbranched alkanes of at least 4 members (excludes halogenated alkanes) is 1. The first-order valence-corrected chi connectivity index (χ1v) is 17.0. The third kappa shape index (κ3) is 8.87. The molecule has 1 atom stereocenters. The summed E-state index contributed by atoms with van der Waals surface area (Å²) in [5, 5.41) is 3.13. The number of carbonyl (C=O) groups is 2. The van der Waals surface area contributed by atoms with Crippen LogP contribution in [0.5, 0.6) is 0 Å². The third-order valence-electron chi connectivity index (χ3n) is 7.35. The van der Waals surface area contributed by atoms with E-state index >= 15 is 0 Å². The second kappa shape index (κ2) is 15.9. The molecule has 0 spiro atoms. The Hall–Kier alpha value is -3.85. The highest BCUT2D eigenvalue weighted by molar-refractivity contribution is 7.92. The molecule has 4 rings (SSSR count). The normalized spacial score (nSPS) is 11.9. The number of hydrogen-bond donors (Lipinski definition) is 1. The number of benzene rings is 4. The molecule has 45 heavy (non-hydrogen) atoms. The second-order valence-electron chi connectivity index (χ2n) is 10.8. The van der Waals surface area contributed by atoms with Gasteiger partial charge in [-0.25, -0.2) is 8.42 Å². The lowest BCUT2D eigenvalue weighted by Crippen LogP contribution is -2.53. The molecule has 0 heterocycles. The lowest BCUT2D eigenvalue weighted by atomic mass is 10.0. The van der Waals surface area contributed by atoms with E-state index in [1.807, 2.05) is 68.4 Å². The number of nitrogens with zero attached hydrogens (tertiary/aromatic N) is 2. The van der Waals surface area contributed by atoms with Crippen molar-refractivity contribution in [2.75, 3.05) is 17.4 Å². The zero-order valence-electron chi connectivity index (χ0n) is 25.3. The van der Waals surface area contributed by atoms with E-state index in [4.69, 9.17) is 23.2 Å². The maximum absolute atomic E-state index is 14.5. The van der Waals surface area contributed by atoms with Crippen LogP contribution in [0.1, 0.15) is 36.5 Å². The summed E-state index contributed by atoms with van der Waals surface area (Å²) < 4.78 is 29.2. The van der Waals surface area contributed by atoms with E-state index < -0.39 is 28.5 Å². The largest absolute Gasteiger partial charge is 0.354 e. The highest BCUT2D eigenvalue weighted by Gasteiger charge is 2.35. The molecule has 0 saturated heterocycles. The van der Waals surface area contributed by atoms with Crippen LogP contribution in [0.15, 0.2) is 108 Å². The fraction of sp³-hybridized carbons (Fsp3) is 0.257. The predicted octanol–water partition coefficient (Wildman–Crippen LogP) is 7.05. The van der Waals surface area contributed by atoms with Gasteiger partial charge in [-0.2, -0.15) is 0 Å². The van der Waals surface area contributed by atoms with E-state index in [0.29, 0.717) is 6.54 Å². The zero-order chi connectivity index (χ0) is 32.4. The first kappa shape index (κ1) is 34.0. The lowest BCUT2D eigenvalue weighted by Gasteiger charge is -2.34. The molecule has 0 aromatic heterocycles. The van der Waals surface area contributed by atoms with Crippen LogP contribution in [0.3, 0.4) is 0 Å². The highest BCUT2D eigenvalue weighted by Crippen LogP contribution is 2.35. The van der Waals surface area contributed by atoms with Crippen molar-refractivity contribution in [3.05, 3.63) is 130 Å². The summed E-state index contributed by atoms with van der Waals surface area (Å²) in [5.41, 5.74) is 2.72. The van der Waals surface area contributed by atoms with Gasteiger partial charge in [0.15, 0.2) is 0 Å². The van der Waals surface area contributed by atoms with Crippen LogP contribution in [0, 0.1) is 6.92 Å². The van der Waals surface area contributed by atoms with E-state index in [9.17, 15) is 18.0 Å². The summed E-state index contributed by atoms with van der Waals surface area (Å²) in [6, 6.07) is 28.6. The number of carbonyl (C=O) groups excluding carboxylic acids is 2. The number of rotatable bonds is 14. The molecular formula is C35H37Cl2N3O4S. The van der Waals surface area contributed by atoms with Gasteiger partial charge in [-0.05, 0) is 48.7 Å². The molecule has 1 N–H and O–H groups in total. The lowest BCUT2D eigenvalue weighted by molar-refractivity contribution is -0.140. The Balaban J connectivity index is 1.81. The number of nitrogens with one attached hydrogen (secondary N) is 1. The summed E-state index contributed by atoms with van der Waals surface area (Å²) in [4.78, 5) is 29.8. The Morgan fingerprint density at radius 3 is 2.16 bits per heavy atom. The van der Waals surface area contributed by atoms with Crippen LogP contribution in [0.2, 0.25) is 10.0 Å². The van der Waals surface area contributed by atoms with Crippen molar-refractivity contribution < 1.29 is 18.0 Å². The minimum Gasteiger partial charge on any atom is -0.354 e. The summed E-state index contributed by atoms with van der Waals surface area (Å²) in [6.45, 7) is 3.91. The van der Waals surface area contributed by atoms with Crippen molar-refractivity contribution in [1.29, 1.82) is 0 Å². The Morgan fingerprint density at radius 2 is 1.49 bits per heavy atom. The fourth-order valence-electron chi connectivity index (χ4n) is 4.99. The minimum atomic E-state index is -4.28. The molecule has 0 fully saturated rings. The smallest absolute Gasteiger partial charge is 0.264 e. The van der Waals surface area contributed by atoms with Crippen LogP contribution < -0.4 is 9.62 Å². The molecule has 0 saturated carbocycles. The van der Waals surface area contributed by atoms with Crippen molar-refractivity contribution in [2.45, 2.75) is 50.6 Å². The molecule has 2 amide bonds. The van der Waals surface area contributed by atoms with E-state index in [0.717, 1.165) is 33.8 Å². The molecule has 0 unspecified atom stereocenters. The first-order chi connectivity index (χ1) is 21.6. The van der Waals surface area contributed by atoms with Crippen LogP contribution in [-0.2, 0) is 32.6 Å². The minimum absolute atomic E-state index is 0.00477. The average molecular weight is 667 g/mol. The number of hydrogen-bond acceptors (Lipinski definition) is 4. The van der Waals surface area contributed by atoms with Gasteiger partial charge >= 0.3 is 0 Å². The Kier molecular flexibility index (Phi) is 12.0. The average Bonchev–Trinajstić information content (AvgIpc) is 3.04. The van der Waals surface area contributed by atoms with Crippen molar-refractivity contribution in [2.24, 2.45) is 0 Å². The maximum Gasteiger partial charge on any atom is 0.264 e. The van der Waals surface area contributed by atoms with E-state index in [-0.39, 0.29) is 39.5 Å². The van der Waals surface area contributed by atoms with Gasteiger partial charge in [0, 0.05) is 19.5 Å². The predicted molar refractivity (Wildman–Crippen MR) is 181 cm³/mol. The van der Waals surface area contributed by atoms with E-state index in [1.165, 1.54) is 23.1 Å². The number of anilines is 1. The molecule has 236 valence electrons. The maximum atomic E-state index is 14.5. The highest BCUT2D eigenvalue weighted by atomic mass is 35.5. The summed E-state index contributed by atoms with van der Waals surface area (Å²) in [5.74, 6) is -0.884. The molecule has 0 bridgehead atoms. The van der Waals surface area contributed by atoms with E-state index in [2.05, 4.69) is 5.32 Å². The van der Waals surface area contributed by atoms with Crippen LogP contribution in [-0.4, -0.2) is 44.3 Å². The number of amides is 2. The van der Waals surface area contributed by atoms with Gasteiger partial charge in [0.1, 0.15) is 12.6 Å². The SMILES string of the molecule is CCCCNC(=O)[C@@H](Cc1ccccc1)N(Cc1cccc(C)c1)C(=O)CN(c1cccc(Cl)c1Cl)S(=O)(=O)c1ccccc1. The molecule has 4 aromatic rings. The Labute approximate surface area is 275 Å². The summed E-state index contributed by atoms with van der Waals surface area (Å²) in [6.07, 6.45) is 1.91. The number of aryl methyl sites for hydroxylation is 1. The van der Waals surface area contributed by atoms with Crippen molar-refractivity contribution >= 4 is 50.7 Å². The molecule has 0 radical (unpaired) electrons. The van der Waals surface area contributed by atoms with Crippen molar-refractivity contribution in [3.63, 3.8) is 0 Å². The van der Waals surface area contributed by atoms with Gasteiger partial charge in [0.05, 0.1) is 20.6 Å². The zero-order valence-corrected chi connectivity index (χ0v) is 27.7. The molecular weight excluding hydrogens is 629 g/mol. The standard InChI is InChI=1S/C35H37Cl2N3O4S/c1-3-4-21-38-35(42)32(23-27-14-7-5-8-15-27)39(24-28-16-11-13-26(2)22-28)33(41)25-40(31-20-12-19-30(36)34(31)37)45(43,44)29-17-9-6-10-18-29/h5-20,22,32H,3-4,21,23-25H2,1-2H3,(H,38,42)/t32-/m1/s1. The topological polar surface area (TPSA) is 86.8 Å². The molecule has 0 aliphatic heterocycles. The summed E-state index contributed by atoms with van der Waals surface area (Å²) in [7, 11) is -4.28. The van der Waals surface area contributed by atoms with E-state index in [1.54, 1.807) is 30.3 Å². The molecule has 0 aliphatic carbocycles. The van der Waals surface area contributed by atoms with Crippen LogP contribution >= 0.6 is 23.2 Å².